The van der Waals surface area contributed by atoms with Crippen LogP contribution in [0.15, 0.2) is 24.3 Å². The maximum absolute atomic E-state index is 12.2. The lowest BCUT2D eigenvalue weighted by atomic mass is 9.99. The third-order valence-electron chi connectivity index (χ3n) is 3.72. The Hall–Kier alpha value is -1.73. The van der Waals surface area contributed by atoms with Crippen LogP contribution in [-0.4, -0.2) is 50.1 Å². The molecule has 0 unspecified atom stereocenters. The first kappa shape index (κ1) is 16.6. The van der Waals surface area contributed by atoms with Crippen LogP contribution >= 0.6 is 0 Å². The molecule has 7 heteroatoms. The molecular formula is C15H19F2NO4. The second-order valence-corrected chi connectivity index (χ2v) is 5.17. The van der Waals surface area contributed by atoms with E-state index >= 15 is 0 Å². The molecule has 1 saturated heterocycles. The van der Waals surface area contributed by atoms with Gasteiger partial charge in [-0.25, -0.2) is 4.79 Å². The van der Waals surface area contributed by atoms with Gasteiger partial charge in [0.1, 0.15) is 0 Å². The Morgan fingerprint density at radius 3 is 2.64 bits per heavy atom. The van der Waals surface area contributed by atoms with Crippen molar-refractivity contribution in [2.24, 2.45) is 0 Å². The largest absolute Gasteiger partial charge is 0.465 e. The average molecular weight is 315 g/mol. The van der Waals surface area contributed by atoms with Crippen molar-refractivity contribution in [3.63, 3.8) is 0 Å². The number of rotatable bonds is 5. The number of aliphatic hydroxyl groups excluding tert-OH is 1. The van der Waals surface area contributed by atoms with E-state index in [4.69, 9.17) is 0 Å². The van der Waals surface area contributed by atoms with Crippen molar-refractivity contribution in [1.29, 1.82) is 0 Å². The van der Waals surface area contributed by atoms with Gasteiger partial charge < -0.3 is 19.5 Å². The van der Waals surface area contributed by atoms with Gasteiger partial charge in [-0.05, 0) is 37.1 Å². The van der Waals surface area contributed by atoms with Crippen LogP contribution in [0.3, 0.4) is 0 Å². The van der Waals surface area contributed by atoms with Crippen molar-refractivity contribution in [1.82, 2.24) is 0 Å². The van der Waals surface area contributed by atoms with E-state index in [1.54, 1.807) is 24.3 Å². The van der Waals surface area contributed by atoms with Gasteiger partial charge in [0.05, 0.1) is 31.4 Å². The number of carbonyl (C=O) groups excluding carboxylic acids is 1. The highest BCUT2D eigenvalue weighted by Gasteiger charge is 2.28. The van der Waals surface area contributed by atoms with Gasteiger partial charge in [0, 0.05) is 12.2 Å². The van der Waals surface area contributed by atoms with Gasteiger partial charge in [0.25, 0.3) is 0 Å². The van der Waals surface area contributed by atoms with Crippen LogP contribution in [0, 0.1) is 0 Å². The fourth-order valence-electron chi connectivity index (χ4n) is 2.59. The minimum absolute atomic E-state index is 0.108. The van der Waals surface area contributed by atoms with Gasteiger partial charge in [-0.15, -0.1) is 0 Å². The van der Waals surface area contributed by atoms with Gasteiger partial charge in [0.15, 0.2) is 0 Å². The molecule has 5 nitrogen and oxygen atoms in total. The Labute approximate surface area is 127 Å². The van der Waals surface area contributed by atoms with Gasteiger partial charge in [-0.1, -0.05) is 0 Å². The molecule has 122 valence electrons. The number of alkyl halides is 2. The maximum Gasteiger partial charge on any atom is 0.345 e. The Kier molecular flexibility index (Phi) is 5.68. The maximum atomic E-state index is 12.2. The lowest BCUT2D eigenvalue weighted by Gasteiger charge is -2.39. The molecule has 1 aliphatic heterocycles. The monoisotopic (exact) mass is 315 g/mol. The number of carbonyl (C=O) groups is 1. The van der Waals surface area contributed by atoms with Crippen LogP contribution in [-0.2, 0) is 9.47 Å². The number of piperidine rings is 1. The number of hydrogen-bond donors (Lipinski definition) is 1. The van der Waals surface area contributed by atoms with E-state index in [1.807, 2.05) is 4.90 Å². The number of benzene rings is 1. The van der Waals surface area contributed by atoms with E-state index in [9.17, 15) is 18.7 Å². The topological polar surface area (TPSA) is 59.0 Å². The molecule has 0 spiro atoms. The zero-order chi connectivity index (χ0) is 16.1. The minimum Gasteiger partial charge on any atom is -0.465 e. The Morgan fingerprint density at radius 1 is 1.36 bits per heavy atom. The fourth-order valence-corrected chi connectivity index (χ4v) is 2.59. The Balaban J connectivity index is 2.12. The summed E-state index contributed by atoms with van der Waals surface area (Å²) in [6, 6.07) is 6.39. The van der Waals surface area contributed by atoms with Crippen molar-refractivity contribution in [3.05, 3.63) is 29.8 Å². The summed E-state index contributed by atoms with van der Waals surface area (Å²) in [6.07, 6.45) is 0.601. The molecule has 0 aromatic heterocycles. The van der Waals surface area contributed by atoms with Crippen molar-refractivity contribution >= 4 is 11.7 Å². The van der Waals surface area contributed by atoms with Crippen LogP contribution in [0.2, 0.25) is 0 Å². The zero-order valence-electron chi connectivity index (χ0n) is 12.2. The van der Waals surface area contributed by atoms with E-state index in [0.717, 1.165) is 5.69 Å². The summed E-state index contributed by atoms with van der Waals surface area (Å²) in [4.78, 5) is 13.2. The van der Waals surface area contributed by atoms with Crippen molar-refractivity contribution in [2.45, 2.75) is 31.6 Å². The first-order valence-corrected chi connectivity index (χ1v) is 7.04. The number of esters is 1. The Bertz CT molecular complexity index is 495. The van der Waals surface area contributed by atoms with Crippen molar-refractivity contribution < 1.29 is 28.2 Å². The number of hydrogen-bond acceptors (Lipinski definition) is 5. The summed E-state index contributed by atoms with van der Waals surface area (Å²) in [5.41, 5.74) is 1.15. The van der Waals surface area contributed by atoms with Crippen LogP contribution < -0.4 is 4.90 Å². The van der Waals surface area contributed by atoms with E-state index < -0.39 is 18.7 Å². The minimum atomic E-state index is -2.81. The highest BCUT2D eigenvalue weighted by molar-refractivity contribution is 5.89. The summed E-state index contributed by atoms with van der Waals surface area (Å²) in [5, 5.41) is 9.81. The summed E-state index contributed by atoms with van der Waals surface area (Å²) >= 11 is 0. The fraction of sp³-hybridized carbons (Fsp3) is 0.533. The van der Waals surface area contributed by atoms with E-state index in [0.29, 0.717) is 24.9 Å². The smallest absolute Gasteiger partial charge is 0.345 e. The van der Waals surface area contributed by atoms with Crippen LogP contribution in [0.25, 0.3) is 0 Å². The van der Waals surface area contributed by atoms with Crippen LogP contribution in [0.1, 0.15) is 23.2 Å². The molecule has 2 atom stereocenters. The van der Waals surface area contributed by atoms with Gasteiger partial charge in [-0.2, -0.15) is 8.78 Å². The second kappa shape index (κ2) is 7.51. The molecule has 1 heterocycles. The normalized spacial score (nSPS) is 22.0. The van der Waals surface area contributed by atoms with Crippen molar-refractivity contribution in [3.8, 4) is 0 Å². The molecule has 0 amide bonds. The SMILES string of the molecule is COC(=O)c1ccc(N2C[C@@H](O)CC[C@H]2COC(F)F)cc1. The second-order valence-electron chi connectivity index (χ2n) is 5.17. The predicted molar refractivity (Wildman–Crippen MR) is 76.1 cm³/mol. The van der Waals surface area contributed by atoms with Crippen molar-refractivity contribution in [2.75, 3.05) is 25.2 Å². The molecule has 0 bridgehead atoms. The quantitative estimate of drug-likeness (QED) is 0.843. The zero-order valence-corrected chi connectivity index (χ0v) is 12.2. The van der Waals surface area contributed by atoms with E-state index in [1.165, 1.54) is 7.11 Å². The number of halogens is 2. The first-order chi connectivity index (χ1) is 10.5. The summed E-state index contributed by atoms with van der Waals surface area (Å²) in [5.74, 6) is -0.442. The number of β-amino-alcohol motifs (C(OH)–C–C–N with tert-alkyl or cyclic N) is 1. The van der Waals surface area contributed by atoms with Gasteiger partial charge in [0.2, 0.25) is 0 Å². The lowest BCUT2D eigenvalue weighted by Crippen LogP contribution is -2.48. The van der Waals surface area contributed by atoms with Gasteiger partial charge in [-0.3, -0.25) is 0 Å². The number of anilines is 1. The van der Waals surface area contributed by atoms with Gasteiger partial charge >= 0.3 is 12.6 Å². The summed E-state index contributed by atoms with van der Waals surface area (Å²) in [6.45, 7) is -2.58. The molecule has 1 N–H and O–H groups in total. The molecule has 0 aliphatic carbocycles. The van der Waals surface area contributed by atoms with Crippen LogP contribution in [0.4, 0.5) is 14.5 Å². The van der Waals surface area contributed by atoms with Crippen LogP contribution in [0.5, 0.6) is 0 Å². The highest BCUT2D eigenvalue weighted by Crippen LogP contribution is 2.26. The first-order valence-electron chi connectivity index (χ1n) is 7.04. The molecule has 2 rings (SSSR count). The molecule has 0 saturated carbocycles. The van der Waals surface area contributed by atoms with E-state index in [-0.39, 0.29) is 12.6 Å². The highest BCUT2D eigenvalue weighted by atomic mass is 19.3. The third-order valence-corrected chi connectivity index (χ3v) is 3.72. The molecule has 1 aromatic carbocycles. The standard InChI is InChI=1S/C15H19F2NO4/c1-21-14(20)10-2-4-11(5-3-10)18-8-13(19)7-6-12(18)9-22-15(16)17/h2-5,12-13,15,19H,6-9H2,1H3/t12-,13-/m0/s1. The Morgan fingerprint density at radius 2 is 2.05 bits per heavy atom. The number of ether oxygens (including phenoxy) is 2. The number of methoxy groups -OCH3 is 1. The summed E-state index contributed by atoms with van der Waals surface area (Å²) in [7, 11) is 1.30. The third kappa shape index (κ3) is 4.14. The lowest BCUT2D eigenvalue weighted by molar-refractivity contribution is -0.133. The molecular weight excluding hydrogens is 296 g/mol. The molecule has 22 heavy (non-hydrogen) atoms. The average Bonchev–Trinajstić information content (AvgIpc) is 2.53. The molecule has 0 radical (unpaired) electrons. The predicted octanol–water partition coefficient (Wildman–Crippen LogP) is 2.04. The molecule has 1 aromatic rings. The molecule has 1 fully saturated rings. The number of aliphatic hydroxyl groups is 1. The summed E-state index contributed by atoms with van der Waals surface area (Å²) < 4.78 is 33.5. The van der Waals surface area contributed by atoms with E-state index in [2.05, 4.69) is 9.47 Å². The molecule has 1 aliphatic rings. The number of nitrogens with zero attached hydrogens (tertiary/aromatic N) is 1.